The Morgan fingerprint density at radius 2 is 1.61 bits per heavy atom. The van der Waals surface area contributed by atoms with Gasteiger partial charge < -0.3 is 0 Å². The van der Waals surface area contributed by atoms with Crippen molar-refractivity contribution in [3.63, 3.8) is 0 Å². The minimum atomic E-state index is -4.67. The molecule has 1 aliphatic rings. The lowest BCUT2D eigenvalue weighted by molar-refractivity contribution is -0.137. The first-order valence-electron chi connectivity index (χ1n) is 9.50. The highest BCUT2D eigenvalue weighted by atomic mass is 19.4. The van der Waals surface area contributed by atoms with E-state index < -0.39 is 17.4 Å². The van der Waals surface area contributed by atoms with Crippen LogP contribution in [0.4, 0.5) is 13.2 Å². The molecule has 0 N–H and O–H groups in total. The number of nitrogens with zero attached hydrogens (tertiary/aromatic N) is 2. The number of nitriles is 1. The Hall–Kier alpha value is -2.87. The molecule has 28 heavy (non-hydrogen) atoms. The first-order valence-corrected chi connectivity index (χ1v) is 9.50. The van der Waals surface area contributed by atoms with Gasteiger partial charge in [-0.05, 0) is 36.0 Å². The topological polar surface area (TPSA) is 36.7 Å². The van der Waals surface area contributed by atoms with E-state index >= 15 is 0 Å². The van der Waals surface area contributed by atoms with E-state index in [-0.39, 0.29) is 11.5 Å². The van der Waals surface area contributed by atoms with Crippen molar-refractivity contribution >= 4 is 10.9 Å². The van der Waals surface area contributed by atoms with Gasteiger partial charge in [0.1, 0.15) is 11.6 Å². The van der Waals surface area contributed by atoms with Crippen LogP contribution in [0.3, 0.4) is 0 Å². The zero-order valence-electron chi connectivity index (χ0n) is 15.3. The highest BCUT2D eigenvalue weighted by Gasteiger charge is 2.39. The average molecular weight is 380 g/mol. The molecule has 0 aliphatic heterocycles. The summed E-state index contributed by atoms with van der Waals surface area (Å²) < 4.78 is 42.3. The van der Waals surface area contributed by atoms with Gasteiger partial charge in [-0.15, -0.1) is 0 Å². The second-order valence-electron chi connectivity index (χ2n) is 7.26. The Morgan fingerprint density at radius 1 is 0.929 bits per heavy atom. The minimum absolute atomic E-state index is 0.0795. The van der Waals surface area contributed by atoms with E-state index in [0.717, 1.165) is 31.2 Å². The van der Waals surface area contributed by atoms with Crippen LogP contribution in [0.15, 0.2) is 48.5 Å². The van der Waals surface area contributed by atoms with E-state index in [0.29, 0.717) is 16.5 Å². The van der Waals surface area contributed by atoms with Crippen LogP contribution in [0.25, 0.3) is 22.0 Å². The Bertz CT molecular complexity index is 1060. The largest absolute Gasteiger partial charge is 0.419 e. The molecule has 1 heterocycles. The van der Waals surface area contributed by atoms with Crippen molar-refractivity contribution < 1.29 is 13.2 Å². The van der Waals surface area contributed by atoms with Crippen LogP contribution in [-0.4, -0.2) is 4.98 Å². The van der Waals surface area contributed by atoms with E-state index in [9.17, 15) is 18.4 Å². The number of para-hydroxylation sites is 1. The average Bonchev–Trinajstić information content (AvgIpc) is 2.72. The molecule has 0 atom stereocenters. The molecular formula is C23H19F3N2. The van der Waals surface area contributed by atoms with Gasteiger partial charge in [0.15, 0.2) is 5.69 Å². The number of aromatic nitrogens is 1. The highest BCUT2D eigenvalue weighted by Crippen LogP contribution is 2.46. The number of benzene rings is 2. The fourth-order valence-corrected chi connectivity index (χ4v) is 4.34. The molecule has 0 amide bonds. The monoisotopic (exact) mass is 380 g/mol. The Balaban J connectivity index is 2.08. The summed E-state index contributed by atoms with van der Waals surface area (Å²) in [5.41, 5.74) is 0.484. The van der Waals surface area contributed by atoms with Crippen LogP contribution in [0.2, 0.25) is 0 Å². The SMILES string of the molecule is N#Cc1nc2ccccc2c(-c2ccccc2C2CCCCC2)c1C(F)(F)F. The quantitative estimate of drug-likeness (QED) is 0.488. The summed E-state index contributed by atoms with van der Waals surface area (Å²) in [6.45, 7) is 0. The van der Waals surface area contributed by atoms with Crippen LogP contribution in [0.5, 0.6) is 0 Å². The third-order valence-corrected chi connectivity index (χ3v) is 5.56. The van der Waals surface area contributed by atoms with Crippen LogP contribution >= 0.6 is 0 Å². The number of hydrogen-bond donors (Lipinski definition) is 0. The smallest absolute Gasteiger partial charge is 0.236 e. The molecule has 1 aromatic heterocycles. The predicted octanol–water partition coefficient (Wildman–Crippen LogP) is 6.84. The predicted molar refractivity (Wildman–Crippen MR) is 103 cm³/mol. The summed E-state index contributed by atoms with van der Waals surface area (Å²) >= 11 is 0. The minimum Gasteiger partial charge on any atom is -0.236 e. The number of hydrogen-bond acceptors (Lipinski definition) is 2. The second-order valence-corrected chi connectivity index (χ2v) is 7.26. The molecule has 0 saturated heterocycles. The number of pyridine rings is 1. The summed E-state index contributed by atoms with van der Waals surface area (Å²) in [4.78, 5) is 4.01. The summed E-state index contributed by atoms with van der Waals surface area (Å²) in [5, 5.41) is 9.85. The van der Waals surface area contributed by atoms with Crippen LogP contribution in [-0.2, 0) is 6.18 Å². The summed E-state index contributed by atoms with van der Waals surface area (Å²) in [6.07, 6.45) is 0.636. The van der Waals surface area contributed by atoms with Crippen molar-refractivity contribution in [1.29, 1.82) is 5.26 Å². The van der Waals surface area contributed by atoms with Crippen molar-refractivity contribution in [2.75, 3.05) is 0 Å². The van der Waals surface area contributed by atoms with Crippen LogP contribution in [0.1, 0.15) is 54.8 Å². The molecule has 0 spiro atoms. The molecule has 5 heteroatoms. The lowest BCUT2D eigenvalue weighted by Crippen LogP contribution is -2.14. The van der Waals surface area contributed by atoms with E-state index in [4.69, 9.17) is 0 Å². The molecule has 4 rings (SSSR count). The Labute approximate surface area is 161 Å². The maximum atomic E-state index is 14.1. The van der Waals surface area contributed by atoms with Gasteiger partial charge in [0, 0.05) is 10.9 Å². The normalized spacial score (nSPS) is 15.5. The Morgan fingerprint density at radius 3 is 2.32 bits per heavy atom. The molecule has 1 fully saturated rings. The molecular weight excluding hydrogens is 361 g/mol. The molecule has 0 bridgehead atoms. The number of halogens is 3. The molecule has 0 unspecified atom stereocenters. The van der Waals surface area contributed by atoms with Gasteiger partial charge in [0.2, 0.25) is 0 Å². The fraction of sp³-hybridized carbons (Fsp3) is 0.304. The van der Waals surface area contributed by atoms with E-state index in [1.54, 1.807) is 42.5 Å². The highest BCUT2D eigenvalue weighted by molar-refractivity contribution is 5.98. The third kappa shape index (κ3) is 3.24. The summed E-state index contributed by atoms with van der Waals surface area (Å²) in [6, 6.07) is 15.8. The van der Waals surface area contributed by atoms with Gasteiger partial charge >= 0.3 is 6.18 Å². The summed E-state index contributed by atoms with van der Waals surface area (Å²) in [7, 11) is 0. The van der Waals surface area contributed by atoms with Crippen molar-refractivity contribution in [1.82, 2.24) is 4.98 Å². The zero-order chi connectivity index (χ0) is 19.7. The fourth-order valence-electron chi connectivity index (χ4n) is 4.34. The first kappa shape index (κ1) is 18.5. The molecule has 2 nitrogen and oxygen atoms in total. The van der Waals surface area contributed by atoms with E-state index in [1.165, 1.54) is 6.42 Å². The molecule has 3 aromatic rings. The molecule has 142 valence electrons. The van der Waals surface area contributed by atoms with Gasteiger partial charge in [0.25, 0.3) is 0 Å². The molecule has 1 aliphatic carbocycles. The molecule has 2 aromatic carbocycles. The first-order chi connectivity index (χ1) is 13.5. The lowest BCUT2D eigenvalue weighted by atomic mass is 9.79. The molecule has 1 saturated carbocycles. The van der Waals surface area contributed by atoms with Crippen molar-refractivity contribution in [2.45, 2.75) is 44.2 Å². The maximum Gasteiger partial charge on any atom is 0.419 e. The van der Waals surface area contributed by atoms with Crippen LogP contribution < -0.4 is 0 Å². The Kier molecular flexibility index (Phi) is 4.80. The number of rotatable bonds is 2. The molecule has 0 radical (unpaired) electrons. The lowest BCUT2D eigenvalue weighted by Gasteiger charge is -2.26. The zero-order valence-corrected chi connectivity index (χ0v) is 15.3. The van der Waals surface area contributed by atoms with Gasteiger partial charge in [0.05, 0.1) is 5.52 Å². The van der Waals surface area contributed by atoms with Gasteiger partial charge in [-0.1, -0.05) is 61.7 Å². The second kappa shape index (κ2) is 7.27. The number of alkyl halides is 3. The van der Waals surface area contributed by atoms with Crippen molar-refractivity contribution in [2.24, 2.45) is 0 Å². The summed E-state index contributed by atoms with van der Waals surface area (Å²) in [5.74, 6) is 0.239. The van der Waals surface area contributed by atoms with E-state index in [2.05, 4.69) is 4.98 Å². The third-order valence-electron chi connectivity index (χ3n) is 5.56. The van der Waals surface area contributed by atoms with Crippen LogP contribution in [0, 0.1) is 11.3 Å². The van der Waals surface area contributed by atoms with Gasteiger partial charge in [-0.2, -0.15) is 18.4 Å². The number of fused-ring (bicyclic) bond motifs is 1. The van der Waals surface area contributed by atoms with E-state index in [1.807, 2.05) is 12.1 Å². The van der Waals surface area contributed by atoms with Crippen molar-refractivity contribution in [3.8, 4) is 17.2 Å². The standard InChI is InChI=1S/C23H19F3N2/c24-23(25,26)22-20(14-27)28-19-13-7-6-12-18(19)21(22)17-11-5-4-10-16(17)15-8-2-1-3-9-15/h4-7,10-13,15H,1-3,8-9H2. The maximum absolute atomic E-state index is 14.1. The van der Waals surface area contributed by atoms with Gasteiger partial charge in [-0.3, -0.25) is 0 Å². The van der Waals surface area contributed by atoms with Crippen molar-refractivity contribution in [3.05, 3.63) is 65.4 Å². The van der Waals surface area contributed by atoms with Gasteiger partial charge in [-0.25, -0.2) is 4.98 Å².